The number of rotatable bonds is 7. The molecule has 0 aliphatic rings. The summed E-state index contributed by atoms with van der Waals surface area (Å²) in [5.74, 6) is -0.666. The van der Waals surface area contributed by atoms with Crippen LogP contribution < -0.4 is 5.11 Å². The van der Waals surface area contributed by atoms with Crippen LogP contribution in [0.15, 0.2) is 24.3 Å². The molecule has 0 unspecified atom stereocenters. The van der Waals surface area contributed by atoms with Crippen LogP contribution in [-0.2, 0) is 11.3 Å². The summed E-state index contributed by atoms with van der Waals surface area (Å²) in [5, 5.41) is 16.9. The van der Waals surface area contributed by atoms with Crippen molar-refractivity contribution >= 4 is 50.8 Å². The van der Waals surface area contributed by atoms with Gasteiger partial charge in [-0.1, -0.05) is 37.6 Å². The molecule has 1 aromatic carbocycles. The first kappa shape index (κ1) is 19.6. The van der Waals surface area contributed by atoms with Gasteiger partial charge in [0.2, 0.25) is 0 Å². The number of carboxylic acids is 1. The van der Waals surface area contributed by atoms with Crippen LogP contribution in [0.1, 0.15) is 43.0 Å². The van der Waals surface area contributed by atoms with E-state index >= 15 is 0 Å². The minimum Gasteiger partial charge on any atom is -0.550 e. The predicted molar refractivity (Wildman–Crippen MR) is 109 cm³/mol. The Labute approximate surface area is 167 Å². The van der Waals surface area contributed by atoms with Gasteiger partial charge in [0.25, 0.3) is 0 Å². The molecular formula is C20H21ClN3O2S-. The maximum absolute atomic E-state index is 11.0. The lowest BCUT2D eigenvalue weighted by molar-refractivity contribution is -0.305. The molecule has 0 fully saturated rings. The molecule has 0 aliphatic heterocycles. The molecule has 0 atom stereocenters. The van der Waals surface area contributed by atoms with Gasteiger partial charge >= 0.3 is 0 Å². The number of benzene rings is 1. The van der Waals surface area contributed by atoms with Gasteiger partial charge in [0, 0.05) is 18.1 Å². The lowest BCUT2D eigenvalue weighted by Gasteiger charge is -2.07. The number of aliphatic carboxylic acids is 1. The zero-order valence-electron chi connectivity index (χ0n) is 15.5. The van der Waals surface area contributed by atoms with Crippen molar-refractivity contribution in [1.82, 2.24) is 14.8 Å². The van der Waals surface area contributed by atoms with Gasteiger partial charge in [0.1, 0.15) is 10.2 Å². The molecule has 2 heterocycles. The number of carbonyl (C=O) groups is 1. The first-order chi connectivity index (χ1) is 12.8. The van der Waals surface area contributed by atoms with Gasteiger partial charge in [-0.3, -0.25) is 4.68 Å². The number of allylic oxidation sites excluding steroid dienone is 1. The molecule has 0 aliphatic carbocycles. The topological polar surface area (TPSA) is 70.8 Å². The van der Waals surface area contributed by atoms with Crippen molar-refractivity contribution in [1.29, 1.82) is 0 Å². The molecule has 0 saturated carbocycles. The monoisotopic (exact) mass is 402 g/mol. The quantitative estimate of drug-likeness (QED) is 0.594. The lowest BCUT2D eigenvalue weighted by Crippen LogP contribution is -2.21. The number of carboxylic acid groups (broad SMARTS) is 1. The summed E-state index contributed by atoms with van der Waals surface area (Å²) < 4.78 is 2.85. The van der Waals surface area contributed by atoms with Crippen LogP contribution in [0.25, 0.3) is 21.9 Å². The van der Waals surface area contributed by atoms with Crippen LogP contribution in [0.4, 0.5) is 0 Å². The van der Waals surface area contributed by atoms with Gasteiger partial charge in [-0.05, 0) is 49.5 Å². The molecule has 2 aromatic heterocycles. The number of para-hydroxylation sites is 1. The number of aryl methyl sites for hydroxylation is 1. The fourth-order valence-corrected chi connectivity index (χ4v) is 4.17. The largest absolute Gasteiger partial charge is 0.550 e. The average Bonchev–Trinajstić information content (AvgIpc) is 3.13. The number of hydrogen-bond donors (Lipinski definition) is 0. The summed E-state index contributed by atoms with van der Waals surface area (Å²) in [6, 6.07) is 7.86. The fourth-order valence-electron chi connectivity index (χ4n) is 2.86. The molecule has 0 saturated heterocycles. The van der Waals surface area contributed by atoms with Crippen LogP contribution in [-0.4, -0.2) is 20.7 Å². The van der Waals surface area contributed by atoms with E-state index in [-0.39, 0.29) is 6.42 Å². The Morgan fingerprint density at radius 3 is 2.74 bits per heavy atom. The Morgan fingerprint density at radius 2 is 2.07 bits per heavy atom. The second kappa shape index (κ2) is 8.23. The van der Waals surface area contributed by atoms with E-state index < -0.39 is 5.97 Å². The van der Waals surface area contributed by atoms with Crippen molar-refractivity contribution in [3.8, 4) is 0 Å². The van der Waals surface area contributed by atoms with Gasteiger partial charge in [-0.15, -0.1) is 11.3 Å². The zero-order chi connectivity index (χ0) is 19.6. The SMILES string of the molecule is Cc1nn(CC(C)C)c(Cl)c1/C=C(\CCC(=O)[O-])c1nc2ccccc2s1. The van der Waals surface area contributed by atoms with E-state index in [1.807, 2.05) is 37.3 Å². The van der Waals surface area contributed by atoms with E-state index in [0.717, 1.165) is 38.6 Å². The maximum atomic E-state index is 11.0. The van der Waals surface area contributed by atoms with Crippen molar-refractivity contribution < 1.29 is 9.90 Å². The summed E-state index contributed by atoms with van der Waals surface area (Å²) in [4.78, 5) is 15.7. The number of fused-ring (bicyclic) bond motifs is 1. The Morgan fingerprint density at radius 1 is 1.33 bits per heavy atom. The van der Waals surface area contributed by atoms with Crippen LogP contribution in [0.5, 0.6) is 0 Å². The Balaban J connectivity index is 2.05. The molecular weight excluding hydrogens is 382 g/mol. The second-order valence-electron chi connectivity index (χ2n) is 6.89. The number of thiazole rings is 1. The van der Waals surface area contributed by atoms with Crippen molar-refractivity contribution in [2.45, 2.75) is 40.2 Å². The summed E-state index contributed by atoms with van der Waals surface area (Å²) in [6.07, 6.45) is 2.17. The highest BCUT2D eigenvalue weighted by Gasteiger charge is 2.16. The van der Waals surface area contributed by atoms with E-state index in [1.54, 1.807) is 16.0 Å². The highest BCUT2D eigenvalue weighted by Crippen LogP contribution is 2.33. The van der Waals surface area contributed by atoms with Crippen molar-refractivity contribution in [3.63, 3.8) is 0 Å². The third kappa shape index (κ3) is 4.57. The van der Waals surface area contributed by atoms with Gasteiger partial charge in [0.15, 0.2) is 0 Å². The molecule has 27 heavy (non-hydrogen) atoms. The Bertz CT molecular complexity index is 971. The van der Waals surface area contributed by atoms with E-state index in [0.29, 0.717) is 17.5 Å². The number of carbonyl (C=O) groups excluding carboxylic acids is 1. The van der Waals surface area contributed by atoms with Crippen LogP contribution in [0.3, 0.4) is 0 Å². The molecule has 0 N–H and O–H groups in total. The predicted octanol–water partition coefficient (Wildman–Crippen LogP) is 4.18. The smallest absolute Gasteiger partial charge is 0.134 e. The molecule has 0 amide bonds. The molecule has 0 radical (unpaired) electrons. The van der Waals surface area contributed by atoms with Gasteiger partial charge in [-0.2, -0.15) is 5.10 Å². The fraction of sp³-hybridized carbons (Fsp3) is 0.350. The normalized spacial score (nSPS) is 12.3. The Hall–Kier alpha value is -2.18. The van der Waals surface area contributed by atoms with Gasteiger partial charge in [0.05, 0.1) is 15.9 Å². The summed E-state index contributed by atoms with van der Waals surface area (Å²) in [6.45, 7) is 6.84. The number of hydrogen-bond acceptors (Lipinski definition) is 5. The number of nitrogens with zero attached hydrogens (tertiary/aromatic N) is 3. The van der Waals surface area contributed by atoms with Crippen LogP contribution in [0.2, 0.25) is 5.15 Å². The third-order valence-corrected chi connectivity index (χ3v) is 5.64. The molecule has 0 bridgehead atoms. The van der Waals surface area contributed by atoms with Crippen LogP contribution >= 0.6 is 22.9 Å². The number of aromatic nitrogens is 3. The minimum absolute atomic E-state index is 0.0709. The molecule has 3 rings (SSSR count). The van der Waals surface area contributed by atoms with Gasteiger partial charge in [-0.25, -0.2) is 4.98 Å². The first-order valence-corrected chi connectivity index (χ1v) is 10.0. The highest BCUT2D eigenvalue weighted by molar-refractivity contribution is 7.19. The molecule has 7 heteroatoms. The summed E-state index contributed by atoms with van der Waals surface area (Å²) in [5.41, 5.74) is 3.35. The van der Waals surface area contributed by atoms with E-state index in [9.17, 15) is 9.90 Å². The molecule has 5 nitrogen and oxygen atoms in total. The first-order valence-electron chi connectivity index (χ1n) is 8.84. The van der Waals surface area contributed by atoms with E-state index in [2.05, 4.69) is 23.9 Å². The van der Waals surface area contributed by atoms with Crippen molar-refractivity contribution in [3.05, 3.63) is 45.7 Å². The molecule has 142 valence electrons. The van der Waals surface area contributed by atoms with E-state index in [4.69, 9.17) is 11.6 Å². The average molecular weight is 403 g/mol. The van der Waals surface area contributed by atoms with Gasteiger partial charge < -0.3 is 9.90 Å². The summed E-state index contributed by atoms with van der Waals surface area (Å²) in [7, 11) is 0. The minimum atomic E-state index is -1.08. The maximum Gasteiger partial charge on any atom is 0.134 e. The van der Waals surface area contributed by atoms with Crippen molar-refractivity contribution in [2.24, 2.45) is 5.92 Å². The molecule has 3 aromatic rings. The standard InChI is InChI=1S/C20H22ClN3O2S/c1-12(2)11-24-19(21)15(13(3)23-24)10-14(8-9-18(25)26)20-22-16-6-4-5-7-17(16)27-20/h4-7,10,12H,8-9,11H2,1-3H3,(H,25,26)/p-1/b14-10+. The highest BCUT2D eigenvalue weighted by atomic mass is 35.5. The third-order valence-electron chi connectivity index (χ3n) is 4.13. The Kier molecular flexibility index (Phi) is 5.97. The second-order valence-corrected chi connectivity index (χ2v) is 8.28. The van der Waals surface area contributed by atoms with Crippen molar-refractivity contribution in [2.75, 3.05) is 0 Å². The number of halogens is 1. The lowest BCUT2D eigenvalue weighted by atomic mass is 10.1. The molecule has 0 spiro atoms. The van der Waals surface area contributed by atoms with Crippen LogP contribution in [0, 0.1) is 12.8 Å². The van der Waals surface area contributed by atoms with E-state index in [1.165, 1.54) is 0 Å². The zero-order valence-corrected chi connectivity index (χ0v) is 17.1. The summed E-state index contributed by atoms with van der Waals surface area (Å²) >= 11 is 8.10.